The highest BCUT2D eigenvalue weighted by molar-refractivity contribution is 6.35. The van der Waals surface area contributed by atoms with E-state index in [-0.39, 0.29) is 5.78 Å². The van der Waals surface area contributed by atoms with Crippen molar-refractivity contribution >= 4 is 29.0 Å². The van der Waals surface area contributed by atoms with Crippen LogP contribution in [0.5, 0.6) is 0 Å². The summed E-state index contributed by atoms with van der Waals surface area (Å²) in [7, 11) is 0. The van der Waals surface area contributed by atoms with Crippen molar-refractivity contribution in [1.82, 2.24) is 0 Å². The van der Waals surface area contributed by atoms with E-state index < -0.39 is 5.60 Å². The van der Waals surface area contributed by atoms with Gasteiger partial charge < -0.3 is 4.74 Å². The molecule has 1 aromatic rings. The van der Waals surface area contributed by atoms with E-state index in [0.29, 0.717) is 23.1 Å². The number of ether oxygens (including phenoxy) is 1. The van der Waals surface area contributed by atoms with Crippen LogP contribution in [0.3, 0.4) is 0 Å². The van der Waals surface area contributed by atoms with E-state index in [0.717, 1.165) is 18.4 Å². The molecule has 1 saturated heterocycles. The molecule has 1 fully saturated rings. The molecule has 0 aromatic heterocycles. The van der Waals surface area contributed by atoms with Crippen molar-refractivity contribution in [1.29, 1.82) is 0 Å². The fourth-order valence-corrected chi connectivity index (χ4v) is 2.50. The van der Waals surface area contributed by atoms with Gasteiger partial charge in [0.25, 0.3) is 0 Å². The second-order valence-corrected chi connectivity index (χ2v) is 5.36. The third-order valence-electron chi connectivity index (χ3n) is 3.17. The Morgan fingerprint density at radius 2 is 2.24 bits per heavy atom. The summed E-state index contributed by atoms with van der Waals surface area (Å²) >= 11 is 11.9. The Bertz CT molecular complexity index is 437. The molecule has 0 spiro atoms. The van der Waals surface area contributed by atoms with Gasteiger partial charge in [-0.05, 0) is 37.5 Å². The van der Waals surface area contributed by atoms with Gasteiger partial charge in [0.1, 0.15) is 5.60 Å². The highest BCUT2D eigenvalue weighted by Crippen LogP contribution is 2.29. The number of carbonyl (C=O) groups is 1. The van der Waals surface area contributed by atoms with Gasteiger partial charge in [-0.3, -0.25) is 4.79 Å². The predicted molar refractivity (Wildman–Crippen MR) is 68.8 cm³/mol. The lowest BCUT2D eigenvalue weighted by Crippen LogP contribution is -2.35. The standard InChI is InChI=1S/C13H14Cl2O2/c1-13(5-2-6-17-13)12(16)7-9-3-4-10(14)8-11(9)15/h3-4,8H,2,5-7H2,1H3. The first-order valence-electron chi connectivity index (χ1n) is 5.62. The van der Waals surface area contributed by atoms with Crippen molar-refractivity contribution in [2.24, 2.45) is 0 Å². The van der Waals surface area contributed by atoms with E-state index >= 15 is 0 Å². The van der Waals surface area contributed by atoms with Crippen molar-refractivity contribution in [2.45, 2.75) is 31.8 Å². The summed E-state index contributed by atoms with van der Waals surface area (Å²) < 4.78 is 5.52. The Kier molecular flexibility index (Phi) is 3.76. The fraction of sp³-hybridized carbons (Fsp3) is 0.462. The van der Waals surface area contributed by atoms with Gasteiger partial charge in [0.15, 0.2) is 5.78 Å². The molecule has 0 bridgehead atoms. The zero-order valence-electron chi connectivity index (χ0n) is 9.63. The number of halogens is 2. The quantitative estimate of drug-likeness (QED) is 0.839. The Morgan fingerprint density at radius 1 is 1.47 bits per heavy atom. The van der Waals surface area contributed by atoms with Crippen molar-refractivity contribution in [3.8, 4) is 0 Å². The van der Waals surface area contributed by atoms with Crippen molar-refractivity contribution in [3.05, 3.63) is 33.8 Å². The van der Waals surface area contributed by atoms with Gasteiger partial charge in [0.05, 0.1) is 0 Å². The second kappa shape index (κ2) is 4.97. The molecule has 0 amide bonds. The van der Waals surface area contributed by atoms with Crippen LogP contribution in [-0.4, -0.2) is 18.0 Å². The molecule has 1 unspecified atom stereocenters. The maximum atomic E-state index is 12.2. The number of ketones is 1. The summed E-state index contributed by atoms with van der Waals surface area (Å²) in [4.78, 5) is 12.2. The maximum absolute atomic E-state index is 12.2. The molecule has 1 atom stereocenters. The van der Waals surface area contributed by atoms with E-state index in [4.69, 9.17) is 27.9 Å². The van der Waals surface area contributed by atoms with Gasteiger partial charge in [-0.15, -0.1) is 0 Å². The zero-order valence-corrected chi connectivity index (χ0v) is 11.1. The van der Waals surface area contributed by atoms with Gasteiger partial charge in [-0.1, -0.05) is 29.3 Å². The van der Waals surface area contributed by atoms with E-state index in [1.165, 1.54) is 0 Å². The zero-order chi connectivity index (χ0) is 12.5. The van der Waals surface area contributed by atoms with Crippen LogP contribution in [0.25, 0.3) is 0 Å². The Morgan fingerprint density at radius 3 is 2.82 bits per heavy atom. The van der Waals surface area contributed by atoms with Gasteiger partial charge in [-0.25, -0.2) is 0 Å². The van der Waals surface area contributed by atoms with Crippen molar-refractivity contribution in [3.63, 3.8) is 0 Å². The normalized spacial score (nSPS) is 23.9. The molecule has 92 valence electrons. The van der Waals surface area contributed by atoms with Crippen molar-refractivity contribution in [2.75, 3.05) is 6.61 Å². The largest absolute Gasteiger partial charge is 0.367 e. The van der Waals surface area contributed by atoms with Crippen molar-refractivity contribution < 1.29 is 9.53 Å². The van der Waals surface area contributed by atoms with Gasteiger partial charge in [-0.2, -0.15) is 0 Å². The van der Waals surface area contributed by atoms with E-state index in [1.54, 1.807) is 18.2 Å². The first-order valence-corrected chi connectivity index (χ1v) is 6.38. The molecule has 4 heteroatoms. The van der Waals surface area contributed by atoms with Crippen LogP contribution in [0, 0.1) is 0 Å². The average molecular weight is 273 g/mol. The predicted octanol–water partition coefficient (Wildman–Crippen LogP) is 3.67. The van der Waals surface area contributed by atoms with Gasteiger partial charge in [0.2, 0.25) is 0 Å². The van der Waals surface area contributed by atoms with Gasteiger partial charge >= 0.3 is 0 Å². The molecule has 1 aliphatic rings. The maximum Gasteiger partial charge on any atom is 0.168 e. The summed E-state index contributed by atoms with van der Waals surface area (Å²) in [5.74, 6) is 0.0826. The minimum Gasteiger partial charge on any atom is -0.367 e. The molecule has 0 aliphatic carbocycles. The Labute approximate surface area is 111 Å². The van der Waals surface area contributed by atoms with E-state index in [2.05, 4.69) is 0 Å². The highest BCUT2D eigenvalue weighted by Gasteiger charge is 2.37. The number of benzene rings is 1. The van der Waals surface area contributed by atoms with Crippen LogP contribution in [0.2, 0.25) is 10.0 Å². The molecule has 2 nitrogen and oxygen atoms in total. The number of Topliss-reactive ketones (excluding diaryl/α,β-unsaturated/α-hetero) is 1. The molecule has 0 saturated carbocycles. The molecule has 17 heavy (non-hydrogen) atoms. The van der Waals surface area contributed by atoms with E-state index in [9.17, 15) is 4.79 Å². The molecule has 1 aliphatic heterocycles. The van der Waals surface area contributed by atoms with Crippen LogP contribution < -0.4 is 0 Å². The third kappa shape index (κ3) is 2.82. The average Bonchev–Trinajstić information content (AvgIpc) is 2.71. The number of rotatable bonds is 3. The first kappa shape index (κ1) is 12.9. The summed E-state index contributed by atoms with van der Waals surface area (Å²) in [6.45, 7) is 2.52. The van der Waals surface area contributed by atoms with Gasteiger partial charge in [0, 0.05) is 23.1 Å². The van der Waals surface area contributed by atoms with E-state index in [1.807, 2.05) is 6.92 Å². The molecule has 0 radical (unpaired) electrons. The summed E-state index contributed by atoms with van der Waals surface area (Å²) in [5, 5.41) is 1.11. The molecular weight excluding hydrogens is 259 g/mol. The SMILES string of the molecule is CC1(C(=O)Cc2ccc(Cl)cc2Cl)CCCO1. The summed E-state index contributed by atoms with van der Waals surface area (Å²) in [6.07, 6.45) is 2.03. The second-order valence-electron chi connectivity index (χ2n) is 4.52. The number of hydrogen-bond donors (Lipinski definition) is 0. The summed E-state index contributed by atoms with van der Waals surface area (Å²) in [6, 6.07) is 5.19. The topological polar surface area (TPSA) is 26.3 Å². The minimum atomic E-state index is -0.636. The van der Waals surface area contributed by atoms with Crippen LogP contribution >= 0.6 is 23.2 Å². The first-order chi connectivity index (χ1) is 8.01. The molecule has 2 rings (SSSR count). The molecule has 1 heterocycles. The molecule has 0 N–H and O–H groups in total. The lowest BCUT2D eigenvalue weighted by molar-refractivity contribution is -0.136. The van der Waals surface area contributed by atoms with Crippen LogP contribution in [-0.2, 0) is 16.0 Å². The lowest BCUT2D eigenvalue weighted by Gasteiger charge is -2.21. The van der Waals surface area contributed by atoms with Crippen LogP contribution in [0.1, 0.15) is 25.3 Å². The number of carbonyl (C=O) groups excluding carboxylic acids is 1. The van der Waals surface area contributed by atoms with Crippen LogP contribution in [0.15, 0.2) is 18.2 Å². The summed E-state index contributed by atoms with van der Waals surface area (Å²) in [5.41, 5.74) is 0.168. The smallest absolute Gasteiger partial charge is 0.168 e. The third-order valence-corrected chi connectivity index (χ3v) is 3.76. The molecule has 1 aromatic carbocycles. The minimum absolute atomic E-state index is 0.0826. The Hall–Kier alpha value is -0.570. The number of hydrogen-bond acceptors (Lipinski definition) is 2. The highest BCUT2D eigenvalue weighted by atomic mass is 35.5. The Balaban J connectivity index is 2.13. The lowest BCUT2D eigenvalue weighted by atomic mass is 9.92. The van der Waals surface area contributed by atoms with Crippen LogP contribution in [0.4, 0.5) is 0 Å². The molecular formula is C13H14Cl2O2. The monoisotopic (exact) mass is 272 g/mol. The fourth-order valence-electron chi connectivity index (χ4n) is 2.02.